The van der Waals surface area contributed by atoms with E-state index < -0.39 is 0 Å². The van der Waals surface area contributed by atoms with Gasteiger partial charge in [0.1, 0.15) is 5.82 Å². The van der Waals surface area contributed by atoms with Gasteiger partial charge in [-0.2, -0.15) is 5.10 Å². The predicted octanol–water partition coefficient (Wildman–Crippen LogP) is 3.80. The SMILES string of the molecule is Cc1ccc(F)cc1-c1cc(C2CC2)nn1C1CC2(CNC2)C1. The van der Waals surface area contributed by atoms with Crippen LogP contribution in [0.5, 0.6) is 0 Å². The molecule has 1 spiro atoms. The summed E-state index contributed by atoms with van der Waals surface area (Å²) in [5, 5.41) is 8.33. The molecule has 0 unspecified atom stereocenters. The maximum Gasteiger partial charge on any atom is 0.123 e. The lowest BCUT2D eigenvalue weighted by Gasteiger charge is -2.54. The lowest BCUT2D eigenvalue weighted by atomic mass is 9.61. The zero-order valence-corrected chi connectivity index (χ0v) is 13.5. The predicted molar refractivity (Wildman–Crippen MR) is 87.9 cm³/mol. The molecule has 3 nitrogen and oxygen atoms in total. The zero-order valence-electron chi connectivity index (χ0n) is 13.5. The lowest BCUT2D eigenvalue weighted by molar-refractivity contribution is 0.00297. The van der Waals surface area contributed by atoms with Gasteiger partial charge in [-0.15, -0.1) is 0 Å². The Hall–Kier alpha value is -1.68. The lowest BCUT2D eigenvalue weighted by Crippen LogP contribution is -2.60. The molecular formula is C19H22FN3. The van der Waals surface area contributed by atoms with E-state index in [1.54, 1.807) is 12.1 Å². The van der Waals surface area contributed by atoms with Crippen molar-refractivity contribution in [2.24, 2.45) is 5.41 Å². The van der Waals surface area contributed by atoms with Crippen LogP contribution in [0.25, 0.3) is 11.3 Å². The van der Waals surface area contributed by atoms with Gasteiger partial charge in [0.15, 0.2) is 0 Å². The van der Waals surface area contributed by atoms with E-state index >= 15 is 0 Å². The van der Waals surface area contributed by atoms with Gasteiger partial charge in [0.05, 0.1) is 17.4 Å². The van der Waals surface area contributed by atoms with Crippen molar-refractivity contribution in [3.63, 3.8) is 0 Å². The van der Waals surface area contributed by atoms with E-state index in [4.69, 9.17) is 5.10 Å². The minimum Gasteiger partial charge on any atom is -0.316 e. The van der Waals surface area contributed by atoms with Crippen molar-refractivity contribution in [3.8, 4) is 11.3 Å². The number of hydrogen-bond donors (Lipinski definition) is 1. The molecule has 4 heteroatoms. The van der Waals surface area contributed by atoms with Crippen molar-refractivity contribution in [1.82, 2.24) is 15.1 Å². The van der Waals surface area contributed by atoms with Crippen molar-refractivity contribution >= 4 is 0 Å². The summed E-state index contributed by atoms with van der Waals surface area (Å²) in [6.07, 6.45) is 4.90. The van der Waals surface area contributed by atoms with Crippen LogP contribution in [0.4, 0.5) is 4.39 Å². The molecule has 1 saturated heterocycles. The van der Waals surface area contributed by atoms with E-state index in [0.717, 1.165) is 29.9 Å². The summed E-state index contributed by atoms with van der Waals surface area (Å²) in [4.78, 5) is 0. The van der Waals surface area contributed by atoms with Gasteiger partial charge in [-0.1, -0.05) is 6.07 Å². The van der Waals surface area contributed by atoms with Crippen molar-refractivity contribution in [1.29, 1.82) is 0 Å². The van der Waals surface area contributed by atoms with Crippen LogP contribution in [0.2, 0.25) is 0 Å². The van der Waals surface area contributed by atoms with Gasteiger partial charge in [-0.25, -0.2) is 4.39 Å². The molecule has 2 heterocycles. The molecule has 0 atom stereocenters. The first-order chi connectivity index (χ1) is 11.1. The summed E-state index contributed by atoms with van der Waals surface area (Å²) in [5.41, 5.74) is 4.95. The third-order valence-electron chi connectivity index (χ3n) is 5.91. The Morgan fingerprint density at radius 2 is 2.00 bits per heavy atom. The van der Waals surface area contributed by atoms with Crippen LogP contribution in [0.15, 0.2) is 24.3 Å². The Balaban J connectivity index is 1.55. The highest BCUT2D eigenvalue weighted by Gasteiger charge is 2.50. The van der Waals surface area contributed by atoms with Crippen molar-refractivity contribution < 1.29 is 4.39 Å². The number of rotatable bonds is 3. The molecule has 5 rings (SSSR count). The van der Waals surface area contributed by atoms with Crippen LogP contribution in [0.1, 0.15) is 48.9 Å². The molecular weight excluding hydrogens is 289 g/mol. The van der Waals surface area contributed by atoms with Crippen LogP contribution < -0.4 is 5.32 Å². The fourth-order valence-electron chi connectivity index (χ4n) is 4.22. The largest absolute Gasteiger partial charge is 0.316 e. The second-order valence-electron chi connectivity index (χ2n) is 7.80. The van der Waals surface area contributed by atoms with Crippen LogP contribution in [-0.2, 0) is 0 Å². The third-order valence-corrected chi connectivity index (χ3v) is 5.91. The number of benzene rings is 1. The minimum absolute atomic E-state index is 0.167. The van der Waals surface area contributed by atoms with Crippen molar-refractivity contribution in [3.05, 3.63) is 41.3 Å². The third kappa shape index (κ3) is 2.15. The Morgan fingerprint density at radius 1 is 1.22 bits per heavy atom. The first-order valence-electron chi connectivity index (χ1n) is 8.70. The molecule has 2 aliphatic carbocycles. The summed E-state index contributed by atoms with van der Waals surface area (Å²) in [6.45, 7) is 4.35. The molecule has 1 N–H and O–H groups in total. The van der Waals surface area contributed by atoms with E-state index in [0.29, 0.717) is 17.4 Å². The van der Waals surface area contributed by atoms with Gasteiger partial charge < -0.3 is 5.32 Å². The summed E-state index contributed by atoms with van der Waals surface area (Å²) in [5.74, 6) is 0.461. The number of halogens is 1. The van der Waals surface area contributed by atoms with Crippen LogP contribution in [-0.4, -0.2) is 22.9 Å². The van der Waals surface area contributed by atoms with E-state index in [-0.39, 0.29) is 5.82 Å². The Kier molecular flexibility index (Phi) is 2.79. The molecule has 0 radical (unpaired) electrons. The average Bonchev–Trinajstić information content (AvgIpc) is 3.20. The van der Waals surface area contributed by atoms with Crippen LogP contribution >= 0.6 is 0 Å². The maximum atomic E-state index is 13.8. The number of nitrogens with zero attached hydrogens (tertiary/aromatic N) is 2. The summed E-state index contributed by atoms with van der Waals surface area (Å²) in [6, 6.07) is 7.76. The zero-order chi connectivity index (χ0) is 15.6. The number of aryl methyl sites for hydroxylation is 1. The summed E-state index contributed by atoms with van der Waals surface area (Å²) in [7, 11) is 0. The van der Waals surface area contributed by atoms with Crippen LogP contribution in [0.3, 0.4) is 0 Å². The van der Waals surface area contributed by atoms with Crippen LogP contribution in [0, 0.1) is 18.2 Å². The molecule has 3 fully saturated rings. The standard InChI is InChI=1S/C19H22FN3/c1-12-2-5-14(20)6-16(12)18-7-17(13-3-4-13)22-23(18)15-8-19(9-15)10-21-11-19/h2,5-7,13,15,21H,3-4,8-11H2,1H3. The quantitative estimate of drug-likeness (QED) is 0.934. The molecule has 1 aliphatic heterocycles. The topological polar surface area (TPSA) is 29.9 Å². The number of aromatic nitrogens is 2. The molecule has 23 heavy (non-hydrogen) atoms. The molecule has 2 aromatic rings. The van der Waals surface area contributed by atoms with Crippen molar-refractivity contribution in [2.45, 2.75) is 44.6 Å². The molecule has 0 bridgehead atoms. The van der Waals surface area contributed by atoms with Gasteiger partial charge >= 0.3 is 0 Å². The first-order valence-corrected chi connectivity index (χ1v) is 8.70. The molecule has 120 valence electrons. The van der Waals surface area contributed by atoms with Gasteiger partial charge in [-0.3, -0.25) is 4.68 Å². The van der Waals surface area contributed by atoms with E-state index in [9.17, 15) is 4.39 Å². The Morgan fingerprint density at radius 3 is 2.65 bits per heavy atom. The highest BCUT2D eigenvalue weighted by Crippen LogP contribution is 2.52. The second kappa shape index (κ2) is 4.67. The molecule has 0 amide bonds. The van der Waals surface area contributed by atoms with Gasteiger partial charge in [0, 0.05) is 24.6 Å². The molecule has 2 saturated carbocycles. The minimum atomic E-state index is -0.167. The number of nitrogens with one attached hydrogen (secondary N) is 1. The van der Waals surface area contributed by atoms with Gasteiger partial charge in [0.2, 0.25) is 0 Å². The molecule has 3 aliphatic rings. The monoisotopic (exact) mass is 311 g/mol. The smallest absolute Gasteiger partial charge is 0.123 e. The first kappa shape index (κ1) is 13.7. The van der Waals surface area contributed by atoms with E-state index in [1.165, 1.54) is 31.4 Å². The normalized spacial score (nSPS) is 22.9. The fourth-order valence-corrected chi connectivity index (χ4v) is 4.22. The second-order valence-corrected chi connectivity index (χ2v) is 7.80. The highest BCUT2D eigenvalue weighted by molar-refractivity contribution is 5.65. The average molecular weight is 311 g/mol. The summed E-state index contributed by atoms with van der Waals surface area (Å²) >= 11 is 0. The van der Waals surface area contributed by atoms with Gasteiger partial charge in [-0.05, 0) is 61.8 Å². The number of hydrogen-bond acceptors (Lipinski definition) is 2. The van der Waals surface area contributed by atoms with Crippen molar-refractivity contribution in [2.75, 3.05) is 13.1 Å². The van der Waals surface area contributed by atoms with Gasteiger partial charge in [0.25, 0.3) is 0 Å². The Bertz CT molecular complexity index is 763. The van der Waals surface area contributed by atoms with E-state index in [1.807, 2.05) is 6.07 Å². The fraction of sp³-hybridized carbons (Fsp3) is 0.526. The highest BCUT2D eigenvalue weighted by atomic mass is 19.1. The molecule has 1 aromatic heterocycles. The molecule has 1 aromatic carbocycles. The summed E-state index contributed by atoms with van der Waals surface area (Å²) < 4.78 is 16.0. The van der Waals surface area contributed by atoms with E-state index in [2.05, 4.69) is 23.0 Å². The maximum absolute atomic E-state index is 13.8. The Labute approximate surface area is 135 Å².